The fraction of sp³-hybridized carbons (Fsp3) is 1.00. The Labute approximate surface area is 81.5 Å². The van der Waals surface area contributed by atoms with Gasteiger partial charge in [0.15, 0.2) is 0 Å². The average Bonchev–Trinajstić information content (AvgIpc) is 2.78. The summed E-state index contributed by atoms with van der Waals surface area (Å²) in [5.41, 5.74) is 0.438. The van der Waals surface area contributed by atoms with Crippen LogP contribution in [0, 0.1) is 5.41 Å². The average molecular weight is 182 g/mol. The maximum Gasteiger partial charge on any atom is 0.0134 e. The predicted octanol–water partition coefficient (Wildman–Crippen LogP) is 1.52. The molecular weight excluding hydrogens is 160 g/mol. The van der Waals surface area contributed by atoms with Gasteiger partial charge in [-0.1, -0.05) is 13.8 Å². The van der Waals surface area contributed by atoms with E-state index in [4.69, 9.17) is 0 Å². The van der Waals surface area contributed by atoms with E-state index in [1.54, 1.807) is 0 Å². The molecule has 2 aliphatic rings. The Morgan fingerprint density at radius 3 is 1.69 bits per heavy atom. The second-order valence-electron chi connectivity index (χ2n) is 5.12. The Hall–Kier alpha value is -0.0800. The van der Waals surface area contributed by atoms with E-state index in [1.807, 2.05) is 0 Å². The summed E-state index contributed by atoms with van der Waals surface area (Å²) in [7, 11) is 0. The zero-order valence-corrected chi connectivity index (χ0v) is 8.90. The summed E-state index contributed by atoms with van der Waals surface area (Å²) >= 11 is 0. The Balaban J connectivity index is 1.99. The van der Waals surface area contributed by atoms with Gasteiger partial charge in [0.1, 0.15) is 0 Å². The Kier molecular flexibility index (Phi) is 2.61. The maximum absolute atomic E-state index is 3.63. The Morgan fingerprint density at radius 1 is 0.923 bits per heavy atom. The van der Waals surface area contributed by atoms with Crippen LogP contribution in [-0.4, -0.2) is 25.2 Å². The first-order valence-electron chi connectivity index (χ1n) is 5.68. The van der Waals surface area contributed by atoms with Crippen molar-refractivity contribution in [3.63, 3.8) is 0 Å². The zero-order valence-electron chi connectivity index (χ0n) is 8.90. The first kappa shape index (κ1) is 9.47. The lowest BCUT2D eigenvalue weighted by Crippen LogP contribution is -2.49. The highest BCUT2D eigenvalue weighted by Crippen LogP contribution is 2.34. The van der Waals surface area contributed by atoms with Gasteiger partial charge in [-0.3, -0.25) is 0 Å². The van der Waals surface area contributed by atoms with Crippen LogP contribution in [0.3, 0.4) is 0 Å². The van der Waals surface area contributed by atoms with Gasteiger partial charge in [-0.25, -0.2) is 0 Å². The Bertz CT molecular complexity index is 147. The van der Waals surface area contributed by atoms with Crippen LogP contribution in [0.15, 0.2) is 0 Å². The maximum atomic E-state index is 3.63. The van der Waals surface area contributed by atoms with E-state index in [1.165, 1.54) is 38.8 Å². The van der Waals surface area contributed by atoms with Crippen LogP contribution in [0.25, 0.3) is 0 Å². The van der Waals surface area contributed by atoms with Crippen molar-refractivity contribution in [1.29, 1.82) is 0 Å². The SMILES string of the molecule is CC(C)([C@@H]1CCCN1)[C@@H]1CCCN1. The van der Waals surface area contributed by atoms with Gasteiger partial charge < -0.3 is 10.6 Å². The summed E-state index contributed by atoms with van der Waals surface area (Å²) < 4.78 is 0. The normalized spacial score (nSPS) is 35.5. The molecule has 0 unspecified atom stereocenters. The molecule has 2 aliphatic heterocycles. The molecule has 2 rings (SSSR count). The van der Waals surface area contributed by atoms with Gasteiger partial charge in [-0.2, -0.15) is 0 Å². The van der Waals surface area contributed by atoms with E-state index in [-0.39, 0.29) is 0 Å². The fourth-order valence-corrected chi connectivity index (χ4v) is 2.88. The molecule has 13 heavy (non-hydrogen) atoms. The highest BCUT2D eigenvalue weighted by atomic mass is 15.0. The molecule has 0 aromatic heterocycles. The van der Waals surface area contributed by atoms with Crippen molar-refractivity contribution >= 4 is 0 Å². The number of hydrogen-bond donors (Lipinski definition) is 2. The monoisotopic (exact) mass is 182 g/mol. The van der Waals surface area contributed by atoms with Crippen molar-refractivity contribution in [2.75, 3.05) is 13.1 Å². The van der Waals surface area contributed by atoms with Gasteiger partial charge in [-0.05, 0) is 44.2 Å². The van der Waals surface area contributed by atoms with Gasteiger partial charge in [0.05, 0.1) is 0 Å². The third-order valence-electron chi connectivity index (χ3n) is 3.92. The lowest BCUT2D eigenvalue weighted by Gasteiger charge is -2.37. The molecule has 2 fully saturated rings. The van der Waals surface area contributed by atoms with Crippen molar-refractivity contribution in [1.82, 2.24) is 10.6 Å². The van der Waals surface area contributed by atoms with Crippen molar-refractivity contribution < 1.29 is 0 Å². The van der Waals surface area contributed by atoms with E-state index in [2.05, 4.69) is 24.5 Å². The van der Waals surface area contributed by atoms with Gasteiger partial charge in [0.25, 0.3) is 0 Å². The van der Waals surface area contributed by atoms with Crippen molar-refractivity contribution in [2.24, 2.45) is 5.41 Å². The third-order valence-corrected chi connectivity index (χ3v) is 3.92. The summed E-state index contributed by atoms with van der Waals surface area (Å²) in [5.74, 6) is 0. The molecule has 0 bridgehead atoms. The summed E-state index contributed by atoms with van der Waals surface area (Å²) in [6.07, 6.45) is 5.46. The summed E-state index contributed by atoms with van der Waals surface area (Å²) in [6, 6.07) is 1.48. The van der Waals surface area contributed by atoms with Crippen LogP contribution in [0.1, 0.15) is 39.5 Å². The molecule has 0 spiro atoms. The summed E-state index contributed by atoms with van der Waals surface area (Å²) in [4.78, 5) is 0. The first-order chi connectivity index (χ1) is 6.21. The van der Waals surface area contributed by atoms with Crippen LogP contribution >= 0.6 is 0 Å². The van der Waals surface area contributed by atoms with Crippen LogP contribution in [0.5, 0.6) is 0 Å². The molecule has 2 saturated heterocycles. The largest absolute Gasteiger partial charge is 0.313 e. The number of hydrogen-bond acceptors (Lipinski definition) is 2. The van der Waals surface area contributed by atoms with E-state index in [9.17, 15) is 0 Å². The molecule has 0 amide bonds. The van der Waals surface area contributed by atoms with Crippen molar-refractivity contribution in [3.8, 4) is 0 Å². The smallest absolute Gasteiger partial charge is 0.0134 e. The zero-order chi connectivity index (χ0) is 9.31. The molecule has 0 aromatic carbocycles. The van der Waals surface area contributed by atoms with Crippen LogP contribution in [0.2, 0.25) is 0 Å². The molecule has 76 valence electrons. The van der Waals surface area contributed by atoms with Crippen molar-refractivity contribution in [2.45, 2.75) is 51.6 Å². The van der Waals surface area contributed by atoms with E-state index >= 15 is 0 Å². The lowest BCUT2D eigenvalue weighted by molar-refractivity contribution is 0.193. The minimum absolute atomic E-state index is 0.438. The lowest BCUT2D eigenvalue weighted by atomic mass is 9.76. The first-order valence-corrected chi connectivity index (χ1v) is 5.68. The summed E-state index contributed by atoms with van der Waals surface area (Å²) in [6.45, 7) is 7.28. The number of nitrogens with one attached hydrogen (secondary N) is 2. The second kappa shape index (κ2) is 3.58. The molecule has 2 N–H and O–H groups in total. The van der Waals surface area contributed by atoms with Gasteiger partial charge >= 0.3 is 0 Å². The predicted molar refractivity (Wildman–Crippen MR) is 55.8 cm³/mol. The minimum Gasteiger partial charge on any atom is -0.313 e. The van der Waals surface area contributed by atoms with Crippen molar-refractivity contribution in [3.05, 3.63) is 0 Å². The topological polar surface area (TPSA) is 24.1 Å². The quantitative estimate of drug-likeness (QED) is 0.676. The third kappa shape index (κ3) is 1.75. The standard InChI is InChI=1S/C11H22N2/c1-11(2,9-5-3-7-12-9)10-6-4-8-13-10/h9-10,12-13H,3-8H2,1-2H3/t9-,10-/m0/s1. The molecule has 0 radical (unpaired) electrons. The second-order valence-corrected chi connectivity index (χ2v) is 5.12. The molecule has 2 heteroatoms. The highest BCUT2D eigenvalue weighted by molar-refractivity contribution is 4.97. The molecular formula is C11H22N2. The van der Waals surface area contributed by atoms with Crippen LogP contribution < -0.4 is 10.6 Å². The number of rotatable bonds is 2. The van der Waals surface area contributed by atoms with E-state index < -0.39 is 0 Å². The summed E-state index contributed by atoms with van der Waals surface area (Å²) in [5, 5.41) is 7.27. The molecule has 2 nitrogen and oxygen atoms in total. The fourth-order valence-electron chi connectivity index (χ4n) is 2.88. The Morgan fingerprint density at radius 2 is 1.38 bits per heavy atom. The van der Waals surface area contributed by atoms with Gasteiger partial charge in [0, 0.05) is 12.1 Å². The molecule has 2 atom stereocenters. The molecule has 0 saturated carbocycles. The highest BCUT2D eigenvalue weighted by Gasteiger charge is 2.39. The molecule has 0 aliphatic carbocycles. The molecule has 2 heterocycles. The van der Waals surface area contributed by atoms with Gasteiger partial charge in [-0.15, -0.1) is 0 Å². The van der Waals surface area contributed by atoms with Crippen LogP contribution in [-0.2, 0) is 0 Å². The van der Waals surface area contributed by atoms with Gasteiger partial charge in [0.2, 0.25) is 0 Å². The van der Waals surface area contributed by atoms with E-state index in [0.717, 1.165) is 12.1 Å². The van der Waals surface area contributed by atoms with Crippen LogP contribution in [0.4, 0.5) is 0 Å². The van der Waals surface area contributed by atoms with E-state index in [0.29, 0.717) is 5.41 Å². The minimum atomic E-state index is 0.438. The molecule has 0 aromatic rings.